The molecule has 0 unspecified atom stereocenters. The second-order valence-electron chi connectivity index (χ2n) is 2.61. The van der Waals surface area contributed by atoms with Crippen molar-refractivity contribution in [3.8, 4) is 0 Å². The third-order valence-corrected chi connectivity index (χ3v) is 1.62. The Kier molecular flexibility index (Phi) is 2.50. The first-order valence-corrected chi connectivity index (χ1v) is 3.62. The first kappa shape index (κ1) is 8.81. The van der Waals surface area contributed by atoms with Crippen molar-refractivity contribution < 1.29 is 14.9 Å². The second-order valence-corrected chi connectivity index (χ2v) is 2.61. The summed E-state index contributed by atoms with van der Waals surface area (Å²) in [6, 6.07) is 6.27. The van der Waals surface area contributed by atoms with Crippen molar-refractivity contribution in [2.45, 2.75) is 6.82 Å². The number of aromatic carboxylic acids is 1. The molecule has 1 aromatic rings. The molecule has 12 heavy (non-hydrogen) atoms. The van der Waals surface area contributed by atoms with E-state index in [1.54, 1.807) is 19.0 Å². The van der Waals surface area contributed by atoms with Gasteiger partial charge in [0.05, 0.1) is 5.56 Å². The Morgan fingerprint density at radius 1 is 1.50 bits per heavy atom. The monoisotopic (exact) mass is 164 g/mol. The van der Waals surface area contributed by atoms with Gasteiger partial charge in [-0.05, 0) is 11.5 Å². The summed E-state index contributed by atoms with van der Waals surface area (Å²) in [6.07, 6.45) is 0. The minimum atomic E-state index is -0.975. The van der Waals surface area contributed by atoms with Crippen LogP contribution in [0.25, 0.3) is 0 Å². The predicted molar refractivity (Wildman–Crippen MR) is 46.9 cm³/mol. The van der Waals surface area contributed by atoms with E-state index in [1.807, 2.05) is 0 Å². The van der Waals surface area contributed by atoms with Crippen LogP contribution in [0.1, 0.15) is 10.4 Å². The number of carboxylic acids is 1. The minimum absolute atomic E-state index is 0.202. The summed E-state index contributed by atoms with van der Waals surface area (Å²) in [5.41, 5.74) is 0.823. The smallest absolute Gasteiger partial charge is 0.335 e. The molecule has 1 aromatic carbocycles. The van der Waals surface area contributed by atoms with Gasteiger partial charge in [-0.25, -0.2) is 4.79 Å². The summed E-state index contributed by atoms with van der Waals surface area (Å²) < 4.78 is 0. The van der Waals surface area contributed by atoms with Gasteiger partial charge in [0.15, 0.2) is 0 Å². The van der Waals surface area contributed by atoms with E-state index in [-0.39, 0.29) is 5.56 Å². The van der Waals surface area contributed by atoms with Crippen molar-refractivity contribution in [1.82, 2.24) is 0 Å². The van der Waals surface area contributed by atoms with Crippen LogP contribution in [0.5, 0.6) is 0 Å². The minimum Gasteiger partial charge on any atom is -0.478 e. The van der Waals surface area contributed by atoms with E-state index in [1.165, 1.54) is 12.1 Å². The predicted octanol–water partition coefficient (Wildman–Crippen LogP) is 0.205. The van der Waals surface area contributed by atoms with Crippen LogP contribution in [0.4, 0.5) is 0 Å². The molecule has 0 aliphatic carbocycles. The zero-order valence-corrected chi connectivity index (χ0v) is 6.69. The van der Waals surface area contributed by atoms with Crippen LogP contribution in [0, 0.1) is 0 Å². The third kappa shape index (κ3) is 1.86. The molecule has 0 saturated heterocycles. The number of carboxylic acid groups (broad SMARTS) is 1. The number of hydrogen-bond acceptors (Lipinski definition) is 2. The largest absolute Gasteiger partial charge is 0.478 e. The summed E-state index contributed by atoms with van der Waals surface area (Å²) in [4.78, 5) is 10.5. The van der Waals surface area contributed by atoms with E-state index in [4.69, 9.17) is 10.1 Å². The molecule has 0 spiro atoms. The first-order chi connectivity index (χ1) is 5.61. The van der Waals surface area contributed by atoms with Crippen LogP contribution >= 0.6 is 0 Å². The van der Waals surface area contributed by atoms with Gasteiger partial charge in [0.25, 0.3) is 0 Å². The molecular weight excluding hydrogens is 155 g/mol. The molecule has 0 saturated carbocycles. The van der Waals surface area contributed by atoms with Gasteiger partial charge in [-0.2, -0.15) is 0 Å². The lowest BCUT2D eigenvalue weighted by atomic mass is 9.64. The van der Waals surface area contributed by atoms with Crippen molar-refractivity contribution in [2.75, 3.05) is 0 Å². The van der Waals surface area contributed by atoms with Crippen LogP contribution in [0.15, 0.2) is 24.3 Å². The molecule has 0 atom stereocenters. The van der Waals surface area contributed by atoms with Gasteiger partial charge in [-0.15, -0.1) is 0 Å². The highest BCUT2D eigenvalue weighted by atomic mass is 16.4. The van der Waals surface area contributed by atoms with Crippen LogP contribution in [0.3, 0.4) is 0 Å². The Labute approximate surface area is 70.8 Å². The molecule has 0 fully saturated rings. The van der Waals surface area contributed by atoms with E-state index in [0.717, 1.165) is 0 Å². The molecule has 3 nitrogen and oxygen atoms in total. The zero-order valence-electron chi connectivity index (χ0n) is 6.69. The van der Waals surface area contributed by atoms with Crippen LogP contribution in [-0.2, 0) is 0 Å². The fourth-order valence-corrected chi connectivity index (χ4v) is 0.932. The van der Waals surface area contributed by atoms with E-state index in [2.05, 4.69) is 0 Å². The Balaban J connectivity index is 3.04. The molecule has 4 heteroatoms. The van der Waals surface area contributed by atoms with E-state index >= 15 is 0 Å². The number of hydrogen-bond donors (Lipinski definition) is 2. The summed E-state index contributed by atoms with van der Waals surface area (Å²) >= 11 is 0. The molecule has 0 radical (unpaired) electrons. The maximum Gasteiger partial charge on any atom is 0.335 e. The maximum atomic E-state index is 10.5. The lowest BCUT2D eigenvalue weighted by molar-refractivity contribution is 0.0697. The van der Waals surface area contributed by atoms with Crippen LogP contribution in [-0.4, -0.2) is 23.0 Å². The maximum absolute atomic E-state index is 10.5. The Hall–Kier alpha value is -1.29. The molecule has 0 aliphatic rings. The Morgan fingerprint density at radius 2 is 2.17 bits per heavy atom. The average Bonchev–Trinajstić information content (AvgIpc) is 2.04. The Bertz CT molecular complexity index is 296. The molecule has 0 amide bonds. The van der Waals surface area contributed by atoms with Crippen molar-refractivity contribution in [3.05, 3.63) is 29.8 Å². The number of rotatable bonds is 2. The van der Waals surface area contributed by atoms with Crippen molar-refractivity contribution in [1.29, 1.82) is 0 Å². The van der Waals surface area contributed by atoms with Gasteiger partial charge < -0.3 is 10.1 Å². The number of carbonyl (C=O) groups is 1. The number of benzene rings is 1. The lowest BCUT2D eigenvalue weighted by Gasteiger charge is -2.00. The highest BCUT2D eigenvalue weighted by Gasteiger charge is 2.08. The second kappa shape index (κ2) is 3.41. The van der Waals surface area contributed by atoms with Crippen LogP contribution in [0.2, 0.25) is 6.82 Å². The van der Waals surface area contributed by atoms with Gasteiger partial charge in [-0.3, -0.25) is 0 Å². The van der Waals surface area contributed by atoms with E-state index < -0.39 is 12.9 Å². The molecule has 0 aromatic heterocycles. The van der Waals surface area contributed by atoms with Gasteiger partial charge in [0.1, 0.15) is 0 Å². The topological polar surface area (TPSA) is 57.5 Å². The average molecular weight is 164 g/mol. The molecule has 62 valence electrons. The zero-order chi connectivity index (χ0) is 9.14. The van der Waals surface area contributed by atoms with Crippen LogP contribution < -0.4 is 5.46 Å². The molecule has 0 aliphatic heterocycles. The third-order valence-electron chi connectivity index (χ3n) is 1.62. The van der Waals surface area contributed by atoms with Gasteiger partial charge in [-0.1, -0.05) is 25.0 Å². The highest BCUT2D eigenvalue weighted by molar-refractivity contribution is 6.64. The molecule has 0 heterocycles. The van der Waals surface area contributed by atoms with Crippen molar-refractivity contribution in [2.24, 2.45) is 0 Å². The SMILES string of the molecule is CB(O)c1cccc(C(=O)O)c1. The fraction of sp³-hybridized carbons (Fsp3) is 0.125. The van der Waals surface area contributed by atoms with Gasteiger partial charge >= 0.3 is 12.9 Å². The van der Waals surface area contributed by atoms with Gasteiger partial charge in [0.2, 0.25) is 0 Å². The summed E-state index contributed by atoms with van der Waals surface area (Å²) in [5, 5.41) is 17.7. The van der Waals surface area contributed by atoms with E-state index in [9.17, 15) is 4.79 Å². The molecular formula is C8H9BO3. The normalized spacial score (nSPS) is 9.50. The highest BCUT2D eigenvalue weighted by Crippen LogP contribution is 1.96. The van der Waals surface area contributed by atoms with Crippen molar-refractivity contribution >= 4 is 18.3 Å². The molecule has 0 bridgehead atoms. The summed E-state index contributed by atoms with van der Waals surface area (Å²) in [6.45, 7) is 0.977. The standard InChI is InChI=1S/C8H9BO3/c1-9(12)7-4-2-3-6(5-7)8(10)11/h2-5,12H,1H3,(H,10,11). The van der Waals surface area contributed by atoms with E-state index in [0.29, 0.717) is 5.46 Å². The fourth-order valence-electron chi connectivity index (χ4n) is 0.932. The first-order valence-electron chi connectivity index (χ1n) is 3.62. The van der Waals surface area contributed by atoms with Gasteiger partial charge in [0, 0.05) is 0 Å². The molecule has 2 N–H and O–H groups in total. The summed E-state index contributed by atoms with van der Waals surface area (Å²) in [5.74, 6) is -0.975. The lowest BCUT2D eigenvalue weighted by Crippen LogP contribution is -2.26. The Morgan fingerprint density at radius 3 is 2.67 bits per heavy atom. The molecule has 1 rings (SSSR count). The van der Waals surface area contributed by atoms with Crippen molar-refractivity contribution in [3.63, 3.8) is 0 Å². The quantitative estimate of drug-likeness (QED) is 0.614. The summed E-state index contributed by atoms with van der Waals surface area (Å²) in [7, 11) is 0.